The van der Waals surface area contributed by atoms with E-state index in [4.69, 9.17) is 10.5 Å². The van der Waals surface area contributed by atoms with Crippen molar-refractivity contribution in [2.45, 2.75) is 45.1 Å². The van der Waals surface area contributed by atoms with E-state index in [0.29, 0.717) is 12.0 Å². The third-order valence-electron chi connectivity index (χ3n) is 4.48. The standard InChI is InChI=1S/C17H27NO/c1-2-14-8-9-16(13-18)17(12-14)19-11-10-15-6-4-3-5-7-15/h3-7,14,16-17H,2,8-13,18H2,1H3. The van der Waals surface area contributed by atoms with E-state index in [-0.39, 0.29) is 0 Å². The molecule has 1 fully saturated rings. The Morgan fingerprint density at radius 3 is 2.68 bits per heavy atom. The molecule has 3 atom stereocenters. The van der Waals surface area contributed by atoms with Gasteiger partial charge in [-0.1, -0.05) is 43.7 Å². The van der Waals surface area contributed by atoms with Crippen molar-refractivity contribution < 1.29 is 4.74 Å². The summed E-state index contributed by atoms with van der Waals surface area (Å²) in [5, 5.41) is 0. The van der Waals surface area contributed by atoms with Gasteiger partial charge in [0, 0.05) is 0 Å². The van der Waals surface area contributed by atoms with Crippen LogP contribution in [0.2, 0.25) is 0 Å². The van der Waals surface area contributed by atoms with Crippen LogP contribution in [0.1, 0.15) is 38.2 Å². The second-order valence-corrected chi connectivity index (χ2v) is 5.73. The Bertz CT molecular complexity index is 352. The lowest BCUT2D eigenvalue weighted by molar-refractivity contribution is -0.0223. The third kappa shape index (κ3) is 4.32. The molecule has 2 heteroatoms. The van der Waals surface area contributed by atoms with Gasteiger partial charge in [-0.05, 0) is 49.6 Å². The molecule has 0 saturated heterocycles. The van der Waals surface area contributed by atoms with Crippen molar-refractivity contribution in [3.8, 4) is 0 Å². The molecular formula is C17H27NO. The Morgan fingerprint density at radius 2 is 2.00 bits per heavy atom. The average molecular weight is 261 g/mol. The summed E-state index contributed by atoms with van der Waals surface area (Å²) in [6.45, 7) is 3.88. The minimum Gasteiger partial charge on any atom is -0.378 e. The van der Waals surface area contributed by atoms with Gasteiger partial charge < -0.3 is 10.5 Å². The van der Waals surface area contributed by atoms with Crippen molar-refractivity contribution in [1.29, 1.82) is 0 Å². The first kappa shape index (κ1) is 14.5. The first-order valence-electron chi connectivity index (χ1n) is 7.69. The van der Waals surface area contributed by atoms with E-state index in [0.717, 1.165) is 25.5 Å². The first-order chi connectivity index (χ1) is 9.33. The molecule has 1 aromatic rings. The van der Waals surface area contributed by atoms with Gasteiger partial charge in [0.1, 0.15) is 0 Å². The minimum atomic E-state index is 0.382. The first-order valence-corrected chi connectivity index (χ1v) is 7.69. The Balaban J connectivity index is 1.79. The van der Waals surface area contributed by atoms with E-state index >= 15 is 0 Å². The van der Waals surface area contributed by atoms with Crippen LogP contribution in [0.5, 0.6) is 0 Å². The van der Waals surface area contributed by atoms with Gasteiger partial charge in [-0.3, -0.25) is 0 Å². The van der Waals surface area contributed by atoms with Crippen LogP contribution in [0.25, 0.3) is 0 Å². The molecule has 0 aliphatic heterocycles. The molecule has 19 heavy (non-hydrogen) atoms. The Hall–Kier alpha value is -0.860. The predicted molar refractivity (Wildman–Crippen MR) is 80.1 cm³/mol. The van der Waals surface area contributed by atoms with Gasteiger partial charge in [0.15, 0.2) is 0 Å². The molecule has 2 N–H and O–H groups in total. The van der Waals surface area contributed by atoms with E-state index in [1.807, 2.05) is 0 Å². The van der Waals surface area contributed by atoms with Gasteiger partial charge in [0.2, 0.25) is 0 Å². The van der Waals surface area contributed by atoms with Gasteiger partial charge in [0.05, 0.1) is 12.7 Å². The Kier molecular flexibility index (Phi) is 5.87. The fourth-order valence-corrected chi connectivity index (χ4v) is 3.09. The number of benzene rings is 1. The largest absolute Gasteiger partial charge is 0.378 e. The fourth-order valence-electron chi connectivity index (χ4n) is 3.09. The van der Waals surface area contributed by atoms with Gasteiger partial charge in [0.25, 0.3) is 0 Å². The number of rotatable bonds is 6. The maximum absolute atomic E-state index is 6.14. The molecule has 2 nitrogen and oxygen atoms in total. The van der Waals surface area contributed by atoms with Crippen molar-refractivity contribution in [1.82, 2.24) is 0 Å². The van der Waals surface area contributed by atoms with Crippen molar-refractivity contribution in [2.75, 3.05) is 13.2 Å². The van der Waals surface area contributed by atoms with E-state index in [2.05, 4.69) is 37.3 Å². The molecule has 0 aromatic heterocycles. The molecular weight excluding hydrogens is 234 g/mol. The summed E-state index contributed by atoms with van der Waals surface area (Å²) in [7, 11) is 0. The van der Waals surface area contributed by atoms with Gasteiger partial charge >= 0.3 is 0 Å². The summed E-state index contributed by atoms with van der Waals surface area (Å²) in [4.78, 5) is 0. The summed E-state index contributed by atoms with van der Waals surface area (Å²) < 4.78 is 6.14. The summed E-state index contributed by atoms with van der Waals surface area (Å²) in [5.74, 6) is 1.41. The summed E-state index contributed by atoms with van der Waals surface area (Å²) in [6.07, 6.45) is 6.43. The molecule has 0 spiro atoms. The highest BCUT2D eigenvalue weighted by molar-refractivity contribution is 5.14. The highest BCUT2D eigenvalue weighted by atomic mass is 16.5. The molecule has 3 unspecified atom stereocenters. The molecule has 0 bridgehead atoms. The number of hydrogen-bond acceptors (Lipinski definition) is 2. The normalized spacial score (nSPS) is 27.4. The lowest BCUT2D eigenvalue weighted by Gasteiger charge is -2.35. The molecule has 2 rings (SSSR count). The maximum atomic E-state index is 6.14. The Labute approximate surface area is 117 Å². The Morgan fingerprint density at radius 1 is 1.21 bits per heavy atom. The minimum absolute atomic E-state index is 0.382. The smallest absolute Gasteiger partial charge is 0.0618 e. The maximum Gasteiger partial charge on any atom is 0.0618 e. The zero-order valence-corrected chi connectivity index (χ0v) is 12.1. The van der Waals surface area contributed by atoms with E-state index in [9.17, 15) is 0 Å². The van der Waals surface area contributed by atoms with Gasteiger partial charge in [-0.25, -0.2) is 0 Å². The van der Waals surface area contributed by atoms with Crippen LogP contribution in [0.3, 0.4) is 0 Å². The van der Waals surface area contributed by atoms with Gasteiger partial charge in [-0.15, -0.1) is 0 Å². The van der Waals surface area contributed by atoms with Crippen LogP contribution < -0.4 is 5.73 Å². The molecule has 0 amide bonds. The average Bonchev–Trinajstić information content (AvgIpc) is 2.48. The number of nitrogens with two attached hydrogens (primary N) is 1. The predicted octanol–water partition coefficient (Wildman–Crippen LogP) is 3.40. The summed E-state index contributed by atoms with van der Waals surface area (Å²) >= 11 is 0. The highest BCUT2D eigenvalue weighted by Crippen LogP contribution is 2.32. The van der Waals surface area contributed by atoms with E-state index in [1.54, 1.807) is 0 Å². The summed E-state index contributed by atoms with van der Waals surface area (Å²) in [5.41, 5.74) is 7.24. The second-order valence-electron chi connectivity index (χ2n) is 5.73. The SMILES string of the molecule is CCC1CCC(CN)C(OCCc2ccccc2)C1. The number of hydrogen-bond donors (Lipinski definition) is 1. The van der Waals surface area contributed by atoms with Gasteiger partial charge in [-0.2, -0.15) is 0 Å². The van der Waals surface area contributed by atoms with E-state index in [1.165, 1.54) is 31.2 Å². The zero-order valence-electron chi connectivity index (χ0n) is 12.1. The summed E-state index contributed by atoms with van der Waals surface area (Å²) in [6, 6.07) is 10.6. The van der Waals surface area contributed by atoms with Crippen LogP contribution in [0.4, 0.5) is 0 Å². The molecule has 106 valence electrons. The highest BCUT2D eigenvalue weighted by Gasteiger charge is 2.29. The monoisotopic (exact) mass is 261 g/mol. The molecule has 1 saturated carbocycles. The van der Waals surface area contributed by atoms with Crippen LogP contribution in [0.15, 0.2) is 30.3 Å². The quantitative estimate of drug-likeness (QED) is 0.852. The number of ether oxygens (including phenoxy) is 1. The topological polar surface area (TPSA) is 35.2 Å². The molecule has 1 aromatic carbocycles. The van der Waals surface area contributed by atoms with Crippen molar-refractivity contribution in [2.24, 2.45) is 17.6 Å². The van der Waals surface area contributed by atoms with Crippen molar-refractivity contribution in [3.63, 3.8) is 0 Å². The van der Waals surface area contributed by atoms with Crippen LogP contribution in [-0.2, 0) is 11.2 Å². The van der Waals surface area contributed by atoms with Crippen LogP contribution in [-0.4, -0.2) is 19.3 Å². The van der Waals surface area contributed by atoms with Crippen LogP contribution in [0, 0.1) is 11.8 Å². The molecule has 0 heterocycles. The van der Waals surface area contributed by atoms with Crippen LogP contribution >= 0.6 is 0 Å². The third-order valence-corrected chi connectivity index (χ3v) is 4.48. The van der Waals surface area contributed by atoms with Crippen molar-refractivity contribution in [3.05, 3.63) is 35.9 Å². The molecule has 1 aliphatic rings. The second kappa shape index (κ2) is 7.66. The lowest BCUT2D eigenvalue weighted by atomic mass is 9.78. The molecule has 1 aliphatic carbocycles. The fraction of sp³-hybridized carbons (Fsp3) is 0.647. The molecule has 0 radical (unpaired) electrons. The van der Waals surface area contributed by atoms with E-state index < -0.39 is 0 Å². The zero-order chi connectivity index (χ0) is 13.5. The van der Waals surface area contributed by atoms with Crippen molar-refractivity contribution >= 4 is 0 Å². The lowest BCUT2D eigenvalue weighted by Crippen LogP contribution is -2.36.